The van der Waals surface area contributed by atoms with Crippen molar-refractivity contribution in [2.75, 3.05) is 12.4 Å². The van der Waals surface area contributed by atoms with Gasteiger partial charge in [-0.05, 0) is 12.1 Å². The molecule has 0 bridgehead atoms. The van der Waals surface area contributed by atoms with Crippen molar-refractivity contribution in [3.05, 3.63) is 33.9 Å². The van der Waals surface area contributed by atoms with Gasteiger partial charge in [-0.3, -0.25) is 10.1 Å². The Labute approximate surface area is 90.9 Å². The maximum absolute atomic E-state index is 10.6. The Bertz CT molecular complexity index is 356. The fourth-order valence-electron chi connectivity index (χ4n) is 1.12. The van der Waals surface area contributed by atoms with Gasteiger partial charge in [-0.2, -0.15) is 0 Å². The molecule has 0 saturated heterocycles. The number of nitro benzene ring substituents is 1. The number of aliphatic hydroxyl groups excluding tert-OH is 2. The molecular formula is C9H11NO4S. The maximum atomic E-state index is 10.6. The Morgan fingerprint density at radius 3 is 2.67 bits per heavy atom. The monoisotopic (exact) mass is 229 g/mol. The van der Waals surface area contributed by atoms with Gasteiger partial charge in [-0.15, -0.1) is 11.8 Å². The van der Waals surface area contributed by atoms with Crippen LogP contribution in [0.4, 0.5) is 5.69 Å². The molecule has 6 heteroatoms. The second kappa shape index (κ2) is 5.69. The second-order valence-corrected chi connectivity index (χ2v) is 3.95. The van der Waals surface area contributed by atoms with E-state index in [-0.39, 0.29) is 18.9 Å². The first kappa shape index (κ1) is 12.0. The van der Waals surface area contributed by atoms with Gasteiger partial charge in [-0.25, -0.2) is 0 Å². The summed E-state index contributed by atoms with van der Waals surface area (Å²) in [6, 6.07) is 4.54. The minimum absolute atomic E-state index is 0.0517. The van der Waals surface area contributed by atoms with Crippen molar-refractivity contribution in [1.82, 2.24) is 0 Å². The van der Waals surface area contributed by atoms with Crippen LogP contribution in [0.1, 0.15) is 5.56 Å². The number of aliphatic hydroxyl groups is 2. The quantitative estimate of drug-likeness (QED) is 0.450. The van der Waals surface area contributed by atoms with Crippen molar-refractivity contribution < 1.29 is 15.1 Å². The molecule has 1 aromatic carbocycles. The van der Waals surface area contributed by atoms with E-state index in [1.807, 2.05) is 0 Å². The number of benzene rings is 1. The third kappa shape index (κ3) is 3.19. The van der Waals surface area contributed by atoms with Crippen LogP contribution in [0.25, 0.3) is 0 Å². The van der Waals surface area contributed by atoms with Gasteiger partial charge in [0.05, 0.1) is 23.7 Å². The summed E-state index contributed by atoms with van der Waals surface area (Å²) in [4.78, 5) is 10.8. The van der Waals surface area contributed by atoms with Crippen molar-refractivity contribution in [2.45, 2.75) is 11.5 Å². The first-order chi connectivity index (χ1) is 7.19. The average Bonchev–Trinajstić information content (AvgIpc) is 2.25. The van der Waals surface area contributed by atoms with Crippen LogP contribution < -0.4 is 0 Å². The zero-order chi connectivity index (χ0) is 11.3. The van der Waals surface area contributed by atoms with Crippen molar-refractivity contribution in [1.29, 1.82) is 0 Å². The van der Waals surface area contributed by atoms with Gasteiger partial charge in [0.1, 0.15) is 0 Å². The van der Waals surface area contributed by atoms with Crippen LogP contribution in [0.3, 0.4) is 0 Å². The lowest BCUT2D eigenvalue weighted by Gasteiger charge is -2.03. The van der Waals surface area contributed by atoms with Gasteiger partial charge < -0.3 is 10.2 Å². The lowest BCUT2D eigenvalue weighted by Crippen LogP contribution is -1.96. The summed E-state index contributed by atoms with van der Waals surface area (Å²) >= 11 is 1.39. The number of hydrogen-bond donors (Lipinski definition) is 2. The first-order valence-electron chi connectivity index (χ1n) is 4.31. The summed E-state index contributed by atoms with van der Waals surface area (Å²) in [6.45, 7) is -0.306. The number of hydrogen-bond acceptors (Lipinski definition) is 5. The fraction of sp³-hybridized carbons (Fsp3) is 0.333. The zero-order valence-corrected chi connectivity index (χ0v) is 8.74. The van der Waals surface area contributed by atoms with Crippen LogP contribution in [-0.2, 0) is 6.61 Å². The summed E-state index contributed by atoms with van der Waals surface area (Å²) in [5.74, 6) is 0.530. The molecule has 15 heavy (non-hydrogen) atoms. The maximum Gasteiger partial charge on any atom is 0.274 e. The molecule has 0 amide bonds. The van der Waals surface area contributed by atoms with Gasteiger partial charge in [0.15, 0.2) is 0 Å². The van der Waals surface area contributed by atoms with E-state index >= 15 is 0 Å². The molecule has 0 fully saturated rings. The molecule has 82 valence electrons. The molecule has 0 radical (unpaired) electrons. The van der Waals surface area contributed by atoms with Gasteiger partial charge in [0.25, 0.3) is 5.69 Å². The molecule has 0 aliphatic rings. The van der Waals surface area contributed by atoms with E-state index in [2.05, 4.69) is 0 Å². The minimum atomic E-state index is -0.522. The highest BCUT2D eigenvalue weighted by Gasteiger charge is 2.12. The fourth-order valence-corrected chi connectivity index (χ4v) is 1.84. The molecule has 0 unspecified atom stereocenters. The van der Waals surface area contributed by atoms with Crippen molar-refractivity contribution in [3.8, 4) is 0 Å². The lowest BCUT2D eigenvalue weighted by molar-refractivity contribution is -0.385. The lowest BCUT2D eigenvalue weighted by atomic mass is 10.2. The molecule has 0 saturated carbocycles. The highest BCUT2D eigenvalue weighted by molar-refractivity contribution is 7.99. The molecule has 0 aliphatic heterocycles. The van der Waals surface area contributed by atoms with Gasteiger partial charge >= 0.3 is 0 Å². The molecule has 2 N–H and O–H groups in total. The molecule has 0 aromatic heterocycles. The highest BCUT2D eigenvalue weighted by atomic mass is 32.2. The second-order valence-electron chi connectivity index (χ2n) is 2.78. The SMILES string of the molecule is O=[N+]([O-])c1ccc(SCCO)cc1CO. The minimum Gasteiger partial charge on any atom is -0.396 e. The molecule has 5 nitrogen and oxygen atoms in total. The van der Waals surface area contributed by atoms with Crippen LogP contribution in [0.5, 0.6) is 0 Å². The molecular weight excluding hydrogens is 218 g/mol. The molecule has 1 aromatic rings. The summed E-state index contributed by atoms with van der Waals surface area (Å²) < 4.78 is 0. The van der Waals surface area contributed by atoms with E-state index in [4.69, 9.17) is 10.2 Å². The van der Waals surface area contributed by atoms with E-state index in [1.165, 1.54) is 17.8 Å². The van der Waals surface area contributed by atoms with Crippen molar-refractivity contribution in [3.63, 3.8) is 0 Å². The predicted octanol–water partition coefficient (Wildman–Crippen LogP) is 1.17. The van der Waals surface area contributed by atoms with Crippen LogP contribution >= 0.6 is 11.8 Å². The topological polar surface area (TPSA) is 83.6 Å². The largest absolute Gasteiger partial charge is 0.396 e. The average molecular weight is 229 g/mol. The Morgan fingerprint density at radius 2 is 2.13 bits per heavy atom. The predicted molar refractivity (Wildman–Crippen MR) is 56.8 cm³/mol. The van der Waals surface area contributed by atoms with Gasteiger partial charge in [-0.1, -0.05) is 0 Å². The van der Waals surface area contributed by atoms with E-state index in [0.717, 1.165) is 4.90 Å². The Morgan fingerprint density at radius 1 is 1.40 bits per heavy atom. The number of nitrogens with zero attached hydrogens (tertiary/aromatic N) is 1. The smallest absolute Gasteiger partial charge is 0.274 e. The van der Waals surface area contributed by atoms with Crippen LogP contribution in [0.2, 0.25) is 0 Å². The molecule has 0 heterocycles. The summed E-state index contributed by atoms with van der Waals surface area (Å²) in [5, 5.41) is 28.1. The van der Waals surface area contributed by atoms with Crippen LogP contribution in [0.15, 0.2) is 23.1 Å². The van der Waals surface area contributed by atoms with E-state index in [9.17, 15) is 10.1 Å². The normalized spacial score (nSPS) is 10.3. The van der Waals surface area contributed by atoms with Crippen LogP contribution in [-0.4, -0.2) is 27.5 Å². The van der Waals surface area contributed by atoms with Gasteiger partial charge in [0, 0.05) is 16.7 Å². The molecule has 0 atom stereocenters. The zero-order valence-electron chi connectivity index (χ0n) is 7.92. The number of rotatable bonds is 5. The van der Waals surface area contributed by atoms with Crippen molar-refractivity contribution >= 4 is 17.4 Å². The number of thioether (sulfide) groups is 1. The first-order valence-corrected chi connectivity index (χ1v) is 5.29. The summed E-state index contributed by atoms with van der Waals surface area (Å²) in [6.07, 6.45) is 0. The Kier molecular flexibility index (Phi) is 4.54. The van der Waals surface area contributed by atoms with Crippen LogP contribution in [0, 0.1) is 10.1 Å². The van der Waals surface area contributed by atoms with Crippen molar-refractivity contribution in [2.24, 2.45) is 0 Å². The number of nitro groups is 1. The molecule has 0 spiro atoms. The molecule has 0 aliphatic carbocycles. The summed E-state index contributed by atoms with van der Waals surface area (Å²) in [7, 11) is 0. The van der Waals surface area contributed by atoms with E-state index in [0.29, 0.717) is 11.3 Å². The standard InChI is InChI=1S/C9H11NO4S/c11-3-4-15-8-1-2-9(10(13)14)7(5-8)6-12/h1-2,5,11-12H,3-4,6H2. The third-order valence-electron chi connectivity index (χ3n) is 1.78. The summed E-state index contributed by atoms with van der Waals surface area (Å²) in [5.41, 5.74) is 0.216. The van der Waals surface area contributed by atoms with Gasteiger partial charge in [0.2, 0.25) is 0 Å². The molecule has 1 rings (SSSR count). The van der Waals surface area contributed by atoms with E-state index in [1.54, 1.807) is 12.1 Å². The highest BCUT2D eigenvalue weighted by Crippen LogP contribution is 2.25. The Hall–Kier alpha value is -1.11. The van der Waals surface area contributed by atoms with E-state index < -0.39 is 4.92 Å². The third-order valence-corrected chi connectivity index (χ3v) is 2.75. The Balaban J connectivity index is 2.92.